The van der Waals surface area contributed by atoms with Crippen LogP contribution in [0.2, 0.25) is 0 Å². The molecular weight excluding hydrogens is 455 g/mol. The number of carbonyl (C=O) groups is 1. The second-order valence-electron chi connectivity index (χ2n) is 8.77. The monoisotopic (exact) mass is 480 g/mol. The Hall–Kier alpha value is -2.49. The molecule has 3 nitrogen and oxygen atoms in total. The smallest absolute Gasteiger partial charge is 0.320 e. The Morgan fingerprint density at radius 1 is 0.939 bits per heavy atom. The summed E-state index contributed by atoms with van der Waals surface area (Å²) in [6.45, 7) is 2.71. The van der Waals surface area contributed by atoms with Crippen LogP contribution in [-0.2, 0) is 34.4 Å². The van der Waals surface area contributed by atoms with Crippen molar-refractivity contribution < 1.29 is 14.3 Å². The van der Waals surface area contributed by atoms with Crippen LogP contribution in [0.25, 0.3) is 11.1 Å². The highest BCUT2D eigenvalue weighted by Gasteiger charge is 2.73. The fourth-order valence-corrected chi connectivity index (χ4v) is 5.76. The maximum Gasteiger partial charge on any atom is 0.320 e. The van der Waals surface area contributed by atoms with Gasteiger partial charge in [-0.05, 0) is 71.7 Å². The molecule has 0 saturated heterocycles. The maximum atomic E-state index is 13.3. The molecule has 33 heavy (non-hydrogen) atoms. The third-order valence-electron chi connectivity index (χ3n) is 6.81. The van der Waals surface area contributed by atoms with Gasteiger partial charge in [-0.15, -0.1) is 0 Å². The number of aryl methyl sites for hydroxylation is 1. The topological polar surface area (TPSA) is 35.5 Å². The molecule has 0 radical (unpaired) electrons. The first-order valence-corrected chi connectivity index (χ1v) is 12.2. The molecule has 0 amide bonds. The van der Waals surface area contributed by atoms with E-state index >= 15 is 0 Å². The highest BCUT2D eigenvalue weighted by Crippen LogP contribution is 2.65. The highest BCUT2D eigenvalue weighted by molar-refractivity contribution is 6.54. The number of fused-ring (bicyclic) bond motifs is 3. The fourth-order valence-electron chi connectivity index (χ4n) is 4.98. The van der Waals surface area contributed by atoms with E-state index in [1.54, 1.807) is 0 Å². The highest BCUT2D eigenvalue weighted by atomic mass is 35.5. The van der Waals surface area contributed by atoms with Crippen LogP contribution in [-0.4, -0.2) is 16.9 Å². The zero-order chi connectivity index (χ0) is 23.1. The SMILES string of the molecule is CCOc1ccc([C@@]2(C(=O)OCc3cccc4c3CCCc3ccccc3-4)CC2(Cl)Cl)cc1. The van der Waals surface area contributed by atoms with Crippen molar-refractivity contribution in [1.82, 2.24) is 0 Å². The number of hydrogen-bond donors (Lipinski definition) is 0. The predicted molar refractivity (Wildman–Crippen MR) is 132 cm³/mol. The number of esters is 1. The van der Waals surface area contributed by atoms with E-state index in [-0.39, 0.29) is 12.6 Å². The standard InChI is InChI=1S/C28H26Cl2O3/c1-2-32-22-15-13-21(14-16-22)27(18-28(27,29)30)26(31)33-17-20-9-6-12-25-23-10-4-3-7-19(23)8-5-11-24(20)25/h3-4,6-7,9-10,12-16H,2,5,8,11,17-18H2,1H3/t27-/m1/s1. The maximum absolute atomic E-state index is 13.3. The van der Waals surface area contributed by atoms with Gasteiger partial charge in [0.25, 0.3) is 0 Å². The molecule has 2 aliphatic rings. The Kier molecular flexibility index (Phi) is 5.88. The van der Waals surface area contributed by atoms with Gasteiger partial charge in [0.1, 0.15) is 22.1 Å². The Morgan fingerprint density at radius 2 is 1.67 bits per heavy atom. The zero-order valence-corrected chi connectivity index (χ0v) is 20.1. The van der Waals surface area contributed by atoms with E-state index in [1.807, 2.05) is 43.3 Å². The molecule has 5 heteroatoms. The Bertz CT molecular complexity index is 1190. The van der Waals surface area contributed by atoms with E-state index in [1.165, 1.54) is 22.3 Å². The van der Waals surface area contributed by atoms with Gasteiger partial charge in [0.05, 0.1) is 6.61 Å². The molecule has 1 fully saturated rings. The fraction of sp³-hybridized carbons (Fsp3) is 0.321. The minimum absolute atomic E-state index is 0.201. The van der Waals surface area contributed by atoms with Gasteiger partial charge in [-0.3, -0.25) is 4.79 Å². The van der Waals surface area contributed by atoms with Crippen LogP contribution >= 0.6 is 23.2 Å². The first-order valence-electron chi connectivity index (χ1n) is 11.4. The number of carbonyl (C=O) groups excluding carboxylic acids is 1. The number of rotatable bonds is 6. The molecule has 170 valence electrons. The van der Waals surface area contributed by atoms with Gasteiger partial charge in [0.2, 0.25) is 0 Å². The molecule has 3 aromatic carbocycles. The third kappa shape index (κ3) is 3.92. The summed E-state index contributed by atoms with van der Waals surface area (Å²) in [6, 6.07) is 22.2. The Morgan fingerprint density at radius 3 is 2.39 bits per heavy atom. The number of benzene rings is 3. The van der Waals surface area contributed by atoms with Crippen molar-refractivity contribution in [1.29, 1.82) is 0 Å². The molecule has 0 N–H and O–H groups in total. The summed E-state index contributed by atoms with van der Waals surface area (Å²) in [5.74, 6) is 0.357. The predicted octanol–water partition coefficient (Wildman–Crippen LogP) is 6.80. The summed E-state index contributed by atoms with van der Waals surface area (Å²) in [5.41, 5.74) is 5.85. The van der Waals surface area contributed by atoms with Gasteiger partial charge < -0.3 is 9.47 Å². The Labute approximate surface area is 204 Å². The van der Waals surface area contributed by atoms with Crippen LogP contribution in [0.4, 0.5) is 0 Å². The largest absolute Gasteiger partial charge is 0.494 e. The lowest BCUT2D eigenvalue weighted by Gasteiger charge is -2.19. The van der Waals surface area contributed by atoms with Gasteiger partial charge in [-0.2, -0.15) is 0 Å². The van der Waals surface area contributed by atoms with Crippen LogP contribution in [0, 0.1) is 0 Å². The van der Waals surface area contributed by atoms with Crippen molar-refractivity contribution in [3.8, 4) is 16.9 Å². The molecule has 3 aromatic rings. The number of halogens is 2. The second-order valence-corrected chi connectivity index (χ2v) is 10.3. The molecule has 2 aliphatic carbocycles. The van der Waals surface area contributed by atoms with Crippen LogP contribution in [0.3, 0.4) is 0 Å². The first-order chi connectivity index (χ1) is 16.0. The third-order valence-corrected chi connectivity index (χ3v) is 7.72. The summed E-state index contributed by atoms with van der Waals surface area (Å²) in [5, 5.41) is 0. The minimum atomic E-state index is -1.18. The van der Waals surface area contributed by atoms with Gasteiger partial charge in [0.15, 0.2) is 0 Å². The minimum Gasteiger partial charge on any atom is -0.494 e. The van der Waals surface area contributed by atoms with E-state index in [2.05, 4.69) is 30.3 Å². The van der Waals surface area contributed by atoms with E-state index in [0.717, 1.165) is 36.1 Å². The van der Waals surface area contributed by atoms with Crippen molar-refractivity contribution in [2.45, 2.75) is 49.0 Å². The molecule has 0 bridgehead atoms. The van der Waals surface area contributed by atoms with E-state index in [9.17, 15) is 4.79 Å². The lowest BCUT2D eigenvalue weighted by Crippen LogP contribution is -2.29. The number of ether oxygens (including phenoxy) is 2. The molecule has 0 unspecified atom stereocenters. The Balaban J connectivity index is 1.39. The molecule has 0 spiro atoms. The van der Waals surface area contributed by atoms with Crippen molar-refractivity contribution in [3.05, 3.63) is 89.0 Å². The summed E-state index contributed by atoms with van der Waals surface area (Å²) in [6.07, 6.45) is 3.40. The average molecular weight is 481 g/mol. The summed E-state index contributed by atoms with van der Waals surface area (Å²) < 4.78 is 10.2. The van der Waals surface area contributed by atoms with Gasteiger partial charge >= 0.3 is 5.97 Å². The van der Waals surface area contributed by atoms with Gasteiger partial charge in [-0.25, -0.2) is 0 Å². The van der Waals surface area contributed by atoms with E-state index < -0.39 is 9.75 Å². The normalized spacial score (nSPS) is 20.2. The average Bonchev–Trinajstić information content (AvgIpc) is 3.47. The van der Waals surface area contributed by atoms with Gasteiger partial charge in [0, 0.05) is 6.42 Å². The first kappa shape index (κ1) is 22.3. The molecule has 1 saturated carbocycles. The lowest BCUT2D eigenvalue weighted by molar-refractivity contribution is -0.148. The van der Waals surface area contributed by atoms with Crippen LogP contribution in [0.1, 0.15) is 42.0 Å². The molecule has 1 atom stereocenters. The van der Waals surface area contributed by atoms with E-state index in [0.29, 0.717) is 13.0 Å². The van der Waals surface area contributed by atoms with Gasteiger partial charge in [-0.1, -0.05) is 77.8 Å². The van der Waals surface area contributed by atoms with Crippen LogP contribution in [0.15, 0.2) is 66.7 Å². The zero-order valence-electron chi connectivity index (χ0n) is 18.6. The van der Waals surface area contributed by atoms with Crippen molar-refractivity contribution in [2.75, 3.05) is 6.61 Å². The molecular formula is C28H26Cl2O3. The summed E-state index contributed by atoms with van der Waals surface area (Å²) in [7, 11) is 0. The van der Waals surface area contributed by atoms with Crippen molar-refractivity contribution >= 4 is 29.2 Å². The quantitative estimate of drug-likeness (QED) is 0.287. The molecule has 0 aliphatic heterocycles. The lowest BCUT2D eigenvalue weighted by atomic mass is 9.93. The molecule has 0 aromatic heterocycles. The van der Waals surface area contributed by atoms with E-state index in [4.69, 9.17) is 32.7 Å². The van der Waals surface area contributed by atoms with Crippen molar-refractivity contribution in [2.24, 2.45) is 0 Å². The summed E-state index contributed by atoms with van der Waals surface area (Å²) in [4.78, 5) is 13.3. The number of hydrogen-bond acceptors (Lipinski definition) is 3. The van der Waals surface area contributed by atoms with Crippen LogP contribution in [0.5, 0.6) is 5.75 Å². The summed E-state index contributed by atoms with van der Waals surface area (Å²) >= 11 is 13.0. The van der Waals surface area contributed by atoms with Crippen molar-refractivity contribution in [3.63, 3.8) is 0 Å². The number of alkyl halides is 2. The molecule has 5 rings (SSSR count). The van der Waals surface area contributed by atoms with Crippen LogP contribution < -0.4 is 4.74 Å². The second kappa shape index (κ2) is 8.70. The molecule has 0 heterocycles.